The summed E-state index contributed by atoms with van der Waals surface area (Å²) in [5.41, 5.74) is 4.98. The third-order valence-electron chi connectivity index (χ3n) is 4.09. The number of carbonyl (C=O) groups excluding carboxylic acids is 2. The molecule has 0 spiro atoms. The Morgan fingerprint density at radius 2 is 1.54 bits per heavy atom. The standard InChI is InChI=1S/C21H26N2O3/c1-14-6-8-18(9-7-14)22-19(24)12-23(5)20(25)13-26-21-16(3)10-15(2)11-17(21)4/h6-11H,12-13H2,1-5H3,(H,22,24). The van der Waals surface area contributed by atoms with E-state index in [0.717, 1.165) is 28.0 Å². The number of aryl methyl sites for hydroxylation is 4. The van der Waals surface area contributed by atoms with Crippen LogP contribution in [0.3, 0.4) is 0 Å². The minimum Gasteiger partial charge on any atom is -0.483 e. The number of ether oxygens (including phenoxy) is 1. The van der Waals surface area contributed by atoms with Crippen LogP contribution >= 0.6 is 0 Å². The molecule has 5 heteroatoms. The first-order valence-electron chi connectivity index (χ1n) is 8.57. The first kappa shape index (κ1) is 19.5. The molecule has 0 atom stereocenters. The zero-order chi connectivity index (χ0) is 19.3. The van der Waals surface area contributed by atoms with Crippen molar-refractivity contribution in [3.63, 3.8) is 0 Å². The highest BCUT2D eigenvalue weighted by molar-refractivity contribution is 5.94. The van der Waals surface area contributed by atoms with Gasteiger partial charge in [0.2, 0.25) is 5.91 Å². The lowest BCUT2D eigenvalue weighted by atomic mass is 10.1. The van der Waals surface area contributed by atoms with Crippen LogP contribution in [0.5, 0.6) is 5.75 Å². The number of likely N-dealkylation sites (N-methyl/N-ethyl adjacent to an activating group) is 1. The van der Waals surface area contributed by atoms with Gasteiger partial charge in [0.1, 0.15) is 5.75 Å². The molecule has 2 amide bonds. The molecule has 0 radical (unpaired) electrons. The molecule has 0 bridgehead atoms. The Kier molecular flexibility index (Phi) is 6.39. The number of amides is 2. The molecule has 26 heavy (non-hydrogen) atoms. The summed E-state index contributed by atoms with van der Waals surface area (Å²) in [4.78, 5) is 25.7. The molecule has 0 aliphatic rings. The maximum atomic E-state index is 12.3. The fourth-order valence-electron chi connectivity index (χ4n) is 2.78. The minimum atomic E-state index is -0.247. The van der Waals surface area contributed by atoms with Crippen molar-refractivity contribution in [2.24, 2.45) is 0 Å². The summed E-state index contributed by atoms with van der Waals surface area (Å²) >= 11 is 0. The van der Waals surface area contributed by atoms with Gasteiger partial charge in [0.15, 0.2) is 6.61 Å². The summed E-state index contributed by atoms with van der Waals surface area (Å²) in [6, 6.07) is 11.6. The Labute approximate surface area is 155 Å². The summed E-state index contributed by atoms with van der Waals surface area (Å²) in [5.74, 6) is 0.234. The van der Waals surface area contributed by atoms with Crippen LogP contribution in [0.15, 0.2) is 36.4 Å². The normalized spacial score (nSPS) is 10.3. The Bertz CT molecular complexity index is 774. The molecule has 0 aromatic heterocycles. The molecule has 2 aromatic rings. The van der Waals surface area contributed by atoms with Crippen molar-refractivity contribution >= 4 is 17.5 Å². The summed E-state index contributed by atoms with van der Waals surface area (Å²) in [6.45, 7) is 7.79. The van der Waals surface area contributed by atoms with Gasteiger partial charge in [0.05, 0.1) is 6.54 Å². The van der Waals surface area contributed by atoms with Crippen LogP contribution in [0.25, 0.3) is 0 Å². The highest BCUT2D eigenvalue weighted by atomic mass is 16.5. The molecule has 2 rings (SSSR count). The maximum absolute atomic E-state index is 12.3. The van der Waals surface area contributed by atoms with Crippen molar-refractivity contribution in [2.75, 3.05) is 25.5 Å². The number of carbonyl (C=O) groups is 2. The molecule has 0 fully saturated rings. The van der Waals surface area contributed by atoms with Crippen LogP contribution in [0.2, 0.25) is 0 Å². The van der Waals surface area contributed by atoms with E-state index < -0.39 is 0 Å². The molecule has 1 N–H and O–H groups in total. The number of nitrogens with zero attached hydrogens (tertiary/aromatic N) is 1. The molecule has 0 unspecified atom stereocenters. The lowest BCUT2D eigenvalue weighted by Crippen LogP contribution is -2.37. The highest BCUT2D eigenvalue weighted by Crippen LogP contribution is 2.24. The van der Waals surface area contributed by atoms with Gasteiger partial charge in [-0.2, -0.15) is 0 Å². The maximum Gasteiger partial charge on any atom is 0.260 e. The van der Waals surface area contributed by atoms with Crippen LogP contribution in [-0.4, -0.2) is 36.9 Å². The number of benzene rings is 2. The molecule has 138 valence electrons. The molecule has 2 aromatic carbocycles. The van der Waals surface area contributed by atoms with Gasteiger partial charge in [-0.1, -0.05) is 35.4 Å². The average Bonchev–Trinajstić information content (AvgIpc) is 2.55. The number of hydrogen-bond acceptors (Lipinski definition) is 3. The molecule has 0 heterocycles. The smallest absolute Gasteiger partial charge is 0.260 e. The van der Waals surface area contributed by atoms with Gasteiger partial charge in [-0.05, 0) is 51.0 Å². The van der Waals surface area contributed by atoms with Gasteiger partial charge in [0, 0.05) is 12.7 Å². The van der Waals surface area contributed by atoms with Crippen molar-refractivity contribution in [3.8, 4) is 5.75 Å². The first-order chi connectivity index (χ1) is 12.3. The number of anilines is 1. The lowest BCUT2D eigenvalue weighted by Gasteiger charge is -2.18. The largest absolute Gasteiger partial charge is 0.483 e. The van der Waals surface area contributed by atoms with Gasteiger partial charge in [0.25, 0.3) is 5.91 Å². The summed E-state index contributed by atoms with van der Waals surface area (Å²) in [7, 11) is 1.59. The van der Waals surface area contributed by atoms with Gasteiger partial charge in [-0.25, -0.2) is 0 Å². The van der Waals surface area contributed by atoms with Gasteiger partial charge >= 0.3 is 0 Å². The number of rotatable bonds is 6. The Hall–Kier alpha value is -2.82. The quantitative estimate of drug-likeness (QED) is 0.865. The lowest BCUT2D eigenvalue weighted by molar-refractivity contribution is -0.135. The SMILES string of the molecule is Cc1ccc(NC(=O)CN(C)C(=O)COc2c(C)cc(C)cc2C)cc1. The summed E-state index contributed by atoms with van der Waals surface area (Å²) in [6.07, 6.45) is 0. The van der Waals surface area contributed by atoms with Gasteiger partial charge in [-0.15, -0.1) is 0 Å². The van der Waals surface area contributed by atoms with E-state index in [9.17, 15) is 9.59 Å². The molecule has 0 saturated carbocycles. The van der Waals surface area contributed by atoms with E-state index in [0.29, 0.717) is 5.69 Å². The fourth-order valence-corrected chi connectivity index (χ4v) is 2.78. The van der Waals surface area contributed by atoms with Crippen LogP contribution in [0.4, 0.5) is 5.69 Å². The molecule has 0 aliphatic heterocycles. The summed E-state index contributed by atoms with van der Waals surface area (Å²) < 4.78 is 5.70. The van der Waals surface area contributed by atoms with Crippen LogP contribution in [0.1, 0.15) is 22.3 Å². The third kappa shape index (κ3) is 5.34. The summed E-state index contributed by atoms with van der Waals surface area (Å²) in [5, 5.41) is 2.78. The highest BCUT2D eigenvalue weighted by Gasteiger charge is 2.15. The molecule has 0 aliphatic carbocycles. The van der Waals surface area contributed by atoms with Gasteiger partial charge in [-0.3, -0.25) is 9.59 Å². The molecular weight excluding hydrogens is 328 g/mol. The Morgan fingerprint density at radius 1 is 0.962 bits per heavy atom. The Balaban J connectivity index is 1.87. The van der Waals surface area contributed by atoms with Crippen molar-refractivity contribution in [2.45, 2.75) is 27.7 Å². The van der Waals surface area contributed by atoms with E-state index in [1.807, 2.05) is 64.1 Å². The second-order valence-electron chi connectivity index (χ2n) is 6.68. The van der Waals surface area contributed by atoms with E-state index >= 15 is 0 Å². The zero-order valence-corrected chi connectivity index (χ0v) is 16.1. The zero-order valence-electron chi connectivity index (χ0n) is 16.1. The first-order valence-corrected chi connectivity index (χ1v) is 8.57. The van der Waals surface area contributed by atoms with E-state index in [4.69, 9.17) is 4.74 Å². The average molecular weight is 354 g/mol. The second-order valence-corrected chi connectivity index (χ2v) is 6.68. The molecule has 0 saturated heterocycles. The van der Waals surface area contributed by atoms with Crippen molar-refractivity contribution in [3.05, 3.63) is 58.7 Å². The molecular formula is C21H26N2O3. The fraction of sp³-hybridized carbons (Fsp3) is 0.333. The topological polar surface area (TPSA) is 58.6 Å². The number of nitrogens with one attached hydrogen (secondary N) is 1. The van der Waals surface area contributed by atoms with E-state index in [-0.39, 0.29) is 25.0 Å². The van der Waals surface area contributed by atoms with Crippen molar-refractivity contribution in [1.29, 1.82) is 0 Å². The number of hydrogen-bond donors (Lipinski definition) is 1. The minimum absolute atomic E-state index is 0.0259. The van der Waals surface area contributed by atoms with E-state index in [2.05, 4.69) is 5.32 Å². The third-order valence-corrected chi connectivity index (χ3v) is 4.09. The second kappa shape index (κ2) is 8.52. The van der Waals surface area contributed by atoms with Crippen molar-refractivity contribution < 1.29 is 14.3 Å². The van der Waals surface area contributed by atoms with Crippen LogP contribution in [-0.2, 0) is 9.59 Å². The van der Waals surface area contributed by atoms with Gasteiger partial charge < -0.3 is 15.0 Å². The van der Waals surface area contributed by atoms with E-state index in [1.165, 1.54) is 4.90 Å². The van der Waals surface area contributed by atoms with Crippen LogP contribution < -0.4 is 10.1 Å². The monoisotopic (exact) mass is 354 g/mol. The Morgan fingerprint density at radius 3 is 2.12 bits per heavy atom. The van der Waals surface area contributed by atoms with Crippen LogP contribution in [0, 0.1) is 27.7 Å². The molecule has 5 nitrogen and oxygen atoms in total. The van der Waals surface area contributed by atoms with E-state index in [1.54, 1.807) is 7.05 Å². The van der Waals surface area contributed by atoms with Crippen molar-refractivity contribution in [1.82, 2.24) is 4.90 Å². The predicted molar refractivity (Wildman–Crippen MR) is 104 cm³/mol. The predicted octanol–water partition coefficient (Wildman–Crippen LogP) is 3.40.